The quantitative estimate of drug-likeness (QED) is 0.700. The summed E-state index contributed by atoms with van der Waals surface area (Å²) >= 11 is 0. The van der Waals surface area contributed by atoms with Crippen molar-refractivity contribution in [2.45, 2.75) is 37.5 Å². The number of ether oxygens (including phenoxy) is 3. The molecule has 0 saturated heterocycles. The van der Waals surface area contributed by atoms with Crippen molar-refractivity contribution in [1.82, 2.24) is 0 Å². The molecule has 1 aliphatic carbocycles. The molecule has 0 aliphatic heterocycles. The lowest BCUT2D eigenvalue weighted by atomic mass is 9.86. The Hall–Kier alpha value is -0.940. The van der Waals surface area contributed by atoms with E-state index in [0.29, 0.717) is 13.2 Å². The summed E-state index contributed by atoms with van der Waals surface area (Å²) in [5.74, 6) is 0. The summed E-state index contributed by atoms with van der Waals surface area (Å²) < 4.78 is 16.5. The van der Waals surface area contributed by atoms with Crippen molar-refractivity contribution in [3.05, 3.63) is 35.9 Å². The molecule has 0 aromatic heterocycles. The molecule has 2 rings (SSSR count). The summed E-state index contributed by atoms with van der Waals surface area (Å²) in [4.78, 5) is 0. The van der Waals surface area contributed by atoms with Crippen molar-refractivity contribution in [2.75, 3.05) is 26.9 Å². The van der Waals surface area contributed by atoms with Crippen LogP contribution in [0.5, 0.6) is 0 Å². The highest BCUT2D eigenvalue weighted by Gasteiger charge is 2.40. The Labute approximate surface area is 121 Å². The van der Waals surface area contributed by atoms with E-state index in [0.717, 1.165) is 25.9 Å². The number of benzene rings is 1. The van der Waals surface area contributed by atoms with Crippen LogP contribution in [0.25, 0.3) is 0 Å². The normalized spacial score (nSPS) is 25.4. The lowest BCUT2D eigenvalue weighted by Crippen LogP contribution is -2.58. The predicted molar refractivity (Wildman–Crippen MR) is 78.7 cm³/mol. The van der Waals surface area contributed by atoms with E-state index in [1.54, 1.807) is 7.11 Å². The minimum Gasteiger partial charge on any atom is -0.382 e. The maximum Gasteiger partial charge on any atom is 0.0989 e. The molecule has 3 atom stereocenters. The van der Waals surface area contributed by atoms with Crippen LogP contribution in [0.4, 0.5) is 0 Å². The van der Waals surface area contributed by atoms with Crippen LogP contribution in [0.15, 0.2) is 30.3 Å². The van der Waals surface area contributed by atoms with Gasteiger partial charge in [-0.15, -0.1) is 0 Å². The molecule has 0 heterocycles. The molecule has 1 aromatic carbocycles. The third kappa shape index (κ3) is 4.56. The monoisotopic (exact) mass is 279 g/mol. The summed E-state index contributed by atoms with van der Waals surface area (Å²) in [5.41, 5.74) is 7.30. The largest absolute Gasteiger partial charge is 0.382 e. The van der Waals surface area contributed by atoms with E-state index in [1.807, 2.05) is 6.07 Å². The van der Waals surface area contributed by atoms with Crippen molar-refractivity contribution in [1.29, 1.82) is 0 Å². The van der Waals surface area contributed by atoms with Gasteiger partial charge in [-0.3, -0.25) is 0 Å². The van der Waals surface area contributed by atoms with Crippen molar-refractivity contribution in [3.8, 4) is 0 Å². The molecular weight excluding hydrogens is 254 g/mol. The Bertz CT molecular complexity index is 371. The van der Waals surface area contributed by atoms with Gasteiger partial charge in [0.25, 0.3) is 0 Å². The van der Waals surface area contributed by atoms with Gasteiger partial charge < -0.3 is 19.9 Å². The van der Waals surface area contributed by atoms with Crippen molar-refractivity contribution in [2.24, 2.45) is 5.73 Å². The van der Waals surface area contributed by atoms with Gasteiger partial charge in [0.15, 0.2) is 0 Å². The average Bonchev–Trinajstić information content (AvgIpc) is 2.48. The molecule has 3 unspecified atom stereocenters. The number of methoxy groups -OCH3 is 1. The van der Waals surface area contributed by atoms with Crippen LogP contribution in [0.2, 0.25) is 0 Å². The van der Waals surface area contributed by atoms with Crippen LogP contribution < -0.4 is 5.73 Å². The van der Waals surface area contributed by atoms with E-state index in [4.69, 9.17) is 19.9 Å². The zero-order valence-electron chi connectivity index (χ0n) is 12.2. The van der Waals surface area contributed by atoms with Gasteiger partial charge in [-0.05, 0) is 24.8 Å². The fourth-order valence-electron chi connectivity index (χ4n) is 2.43. The first kappa shape index (κ1) is 15.4. The molecule has 1 aliphatic rings. The van der Waals surface area contributed by atoms with Crippen LogP contribution in [0.1, 0.15) is 18.4 Å². The minimum atomic E-state index is 0.0295. The second kappa shape index (κ2) is 8.37. The molecule has 1 aromatic rings. The highest BCUT2D eigenvalue weighted by molar-refractivity contribution is 5.14. The molecule has 4 nitrogen and oxygen atoms in total. The summed E-state index contributed by atoms with van der Waals surface area (Å²) in [6.45, 7) is 1.94. The van der Waals surface area contributed by atoms with E-state index in [2.05, 4.69) is 24.3 Å². The Morgan fingerprint density at radius 2 is 1.90 bits per heavy atom. The predicted octanol–water partition coefficient (Wildman–Crippen LogP) is 1.77. The van der Waals surface area contributed by atoms with Gasteiger partial charge >= 0.3 is 0 Å². The highest BCUT2D eigenvalue weighted by Crippen LogP contribution is 2.25. The second-order valence-corrected chi connectivity index (χ2v) is 5.23. The number of aryl methyl sites for hydroxylation is 1. The zero-order valence-corrected chi connectivity index (χ0v) is 12.2. The maximum atomic E-state index is 5.94. The summed E-state index contributed by atoms with van der Waals surface area (Å²) in [5, 5.41) is 0. The third-order valence-electron chi connectivity index (χ3n) is 3.68. The van der Waals surface area contributed by atoms with Gasteiger partial charge in [0.2, 0.25) is 0 Å². The summed E-state index contributed by atoms with van der Waals surface area (Å²) in [6, 6.07) is 10.6. The standard InChI is InChI=1S/C16H25NO3/c1-18-10-11-20-16-14(17)12-15(16)19-9-5-8-13-6-3-2-4-7-13/h2-4,6-7,14-16H,5,8-12,17H2,1H3. The van der Waals surface area contributed by atoms with Gasteiger partial charge in [-0.2, -0.15) is 0 Å². The molecule has 2 N–H and O–H groups in total. The number of hydrogen-bond acceptors (Lipinski definition) is 4. The van der Waals surface area contributed by atoms with E-state index in [1.165, 1.54) is 5.56 Å². The molecule has 0 spiro atoms. The zero-order chi connectivity index (χ0) is 14.2. The van der Waals surface area contributed by atoms with Crippen molar-refractivity contribution < 1.29 is 14.2 Å². The van der Waals surface area contributed by atoms with Crippen LogP contribution >= 0.6 is 0 Å². The average molecular weight is 279 g/mol. The summed E-state index contributed by atoms with van der Waals surface area (Å²) in [6.07, 6.45) is 3.15. The number of nitrogens with two attached hydrogens (primary N) is 1. The van der Waals surface area contributed by atoms with Gasteiger partial charge in [-0.1, -0.05) is 30.3 Å². The Balaban J connectivity index is 1.59. The molecule has 112 valence electrons. The van der Waals surface area contributed by atoms with Crippen molar-refractivity contribution >= 4 is 0 Å². The lowest BCUT2D eigenvalue weighted by molar-refractivity contribution is -0.144. The van der Waals surface area contributed by atoms with Crippen LogP contribution in [-0.2, 0) is 20.6 Å². The molecule has 1 saturated carbocycles. The van der Waals surface area contributed by atoms with Gasteiger partial charge in [0.1, 0.15) is 0 Å². The van der Waals surface area contributed by atoms with Crippen molar-refractivity contribution in [3.63, 3.8) is 0 Å². The Kier molecular flexibility index (Phi) is 6.47. The molecular formula is C16H25NO3. The molecule has 0 radical (unpaired) electrons. The topological polar surface area (TPSA) is 53.7 Å². The maximum absolute atomic E-state index is 5.94. The smallest absolute Gasteiger partial charge is 0.0989 e. The fourth-order valence-corrected chi connectivity index (χ4v) is 2.43. The van der Waals surface area contributed by atoms with E-state index in [9.17, 15) is 0 Å². The highest BCUT2D eigenvalue weighted by atomic mass is 16.6. The first-order chi connectivity index (χ1) is 9.81. The molecule has 0 bridgehead atoms. The lowest BCUT2D eigenvalue weighted by Gasteiger charge is -2.41. The van der Waals surface area contributed by atoms with Gasteiger partial charge in [0, 0.05) is 19.8 Å². The van der Waals surface area contributed by atoms with Crippen LogP contribution in [0, 0.1) is 0 Å². The molecule has 1 fully saturated rings. The Morgan fingerprint density at radius 3 is 2.60 bits per heavy atom. The van der Waals surface area contributed by atoms with E-state index < -0.39 is 0 Å². The first-order valence-corrected chi connectivity index (χ1v) is 7.33. The number of rotatable bonds is 9. The summed E-state index contributed by atoms with van der Waals surface area (Å²) in [7, 11) is 1.67. The number of hydrogen-bond donors (Lipinski definition) is 1. The first-order valence-electron chi connectivity index (χ1n) is 7.33. The SMILES string of the molecule is COCCOC1C(N)CC1OCCCc1ccccc1. The minimum absolute atomic E-state index is 0.0295. The fraction of sp³-hybridized carbons (Fsp3) is 0.625. The van der Waals surface area contributed by atoms with E-state index in [-0.39, 0.29) is 18.2 Å². The van der Waals surface area contributed by atoms with Crippen LogP contribution in [0.3, 0.4) is 0 Å². The Morgan fingerprint density at radius 1 is 1.10 bits per heavy atom. The molecule has 0 amide bonds. The van der Waals surface area contributed by atoms with Gasteiger partial charge in [0.05, 0.1) is 25.4 Å². The van der Waals surface area contributed by atoms with E-state index >= 15 is 0 Å². The molecule has 20 heavy (non-hydrogen) atoms. The second-order valence-electron chi connectivity index (χ2n) is 5.23. The van der Waals surface area contributed by atoms with Crippen LogP contribution in [-0.4, -0.2) is 45.2 Å². The van der Waals surface area contributed by atoms with Gasteiger partial charge in [-0.25, -0.2) is 0 Å². The molecule has 4 heteroatoms. The third-order valence-corrected chi connectivity index (χ3v) is 3.68.